The maximum atomic E-state index is 13.1. The largest absolute Gasteiger partial charge is 0.479 e. The van der Waals surface area contributed by atoms with Crippen LogP contribution in [0.1, 0.15) is 43.2 Å². The Morgan fingerprint density at radius 2 is 1.66 bits per heavy atom. The molecule has 2 fully saturated rings. The summed E-state index contributed by atoms with van der Waals surface area (Å²) in [7, 11) is 0. The molecular formula is C27H30N2O6. The molecule has 1 aliphatic heterocycles. The minimum Gasteiger partial charge on any atom is -0.479 e. The lowest BCUT2D eigenvalue weighted by Crippen LogP contribution is -2.59. The Labute approximate surface area is 204 Å². The van der Waals surface area contributed by atoms with Crippen LogP contribution >= 0.6 is 0 Å². The maximum Gasteiger partial charge on any atom is 0.408 e. The molecule has 2 aromatic carbocycles. The quantitative estimate of drug-likeness (QED) is 0.537. The van der Waals surface area contributed by atoms with E-state index < -0.39 is 23.7 Å². The number of aliphatic carboxylic acids is 1. The van der Waals surface area contributed by atoms with E-state index in [0.29, 0.717) is 13.0 Å². The van der Waals surface area contributed by atoms with Gasteiger partial charge in [-0.25, -0.2) is 9.59 Å². The Morgan fingerprint density at radius 3 is 2.26 bits per heavy atom. The molecule has 2 aromatic rings. The van der Waals surface area contributed by atoms with E-state index in [1.807, 2.05) is 24.3 Å². The molecule has 2 amide bonds. The van der Waals surface area contributed by atoms with Gasteiger partial charge < -0.3 is 25.2 Å². The number of carbonyl (C=O) groups excluding carboxylic acids is 2. The van der Waals surface area contributed by atoms with E-state index in [1.165, 1.54) is 0 Å². The van der Waals surface area contributed by atoms with Gasteiger partial charge >= 0.3 is 12.1 Å². The lowest BCUT2D eigenvalue weighted by Gasteiger charge is -2.30. The zero-order valence-corrected chi connectivity index (χ0v) is 19.7. The van der Waals surface area contributed by atoms with Gasteiger partial charge in [0.1, 0.15) is 12.1 Å². The van der Waals surface area contributed by atoms with Gasteiger partial charge in [0.05, 0.1) is 0 Å². The molecule has 0 radical (unpaired) electrons. The standard InChI is InChI=1S/C27H30N2O6/c1-27(17-10-11-17,25(32)28-14-16-12-13-34-23(16)24(30)31)29-26(33)35-15-22-20-8-4-2-6-18(20)19-7-3-5-9-21(19)22/h2-9,16-17,22-23H,10-15H2,1H3,(H,28,32)(H,29,33)(H,30,31). The molecule has 1 saturated heterocycles. The Bertz CT molecular complexity index is 1100. The maximum absolute atomic E-state index is 13.1. The van der Waals surface area contributed by atoms with Crippen molar-refractivity contribution in [2.24, 2.45) is 11.8 Å². The van der Waals surface area contributed by atoms with Crippen LogP contribution in [0.2, 0.25) is 0 Å². The fourth-order valence-electron chi connectivity index (χ4n) is 5.37. The fourth-order valence-corrected chi connectivity index (χ4v) is 5.37. The Morgan fingerprint density at radius 1 is 1.03 bits per heavy atom. The number of benzene rings is 2. The number of hydrogen-bond donors (Lipinski definition) is 3. The highest BCUT2D eigenvalue weighted by atomic mass is 16.5. The number of nitrogens with one attached hydrogen (secondary N) is 2. The van der Waals surface area contributed by atoms with Crippen molar-refractivity contribution in [3.8, 4) is 11.1 Å². The highest BCUT2D eigenvalue weighted by molar-refractivity contribution is 5.90. The van der Waals surface area contributed by atoms with Gasteiger partial charge in [0.2, 0.25) is 5.91 Å². The summed E-state index contributed by atoms with van der Waals surface area (Å²) in [6, 6.07) is 16.2. The highest BCUT2D eigenvalue weighted by Crippen LogP contribution is 2.44. The summed E-state index contributed by atoms with van der Waals surface area (Å²) >= 11 is 0. The molecule has 35 heavy (non-hydrogen) atoms. The molecular weight excluding hydrogens is 448 g/mol. The van der Waals surface area contributed by atoms with Gasteiger partial charge in [-0.2, -0.15) is 0 Å². The molecule has 0 aromatic heterocycles. The van der Waals surface area contributed by atoms with Gasteiger partial charge in [-0.3, -0.25) is 4.79 Å². The van der Waals surface area contributed by atoms with Gasteiger partial charge in [0, 0.05) is 25.0 Å². The Hall–Kier alpha value is -3.39. The highest BCUT2D eigenvalue weighted by Gasteiger charge is 2.49. The Kier molecular flexibility index (Phi) is 6.23. The van der Waals surface area contributed by atoms with Crippen LogP contribution in [0.3, 0.4) is 0 Å². The molecule has 0 spiro atoms. The number of carboxylic acid groups (broad SMARTS) is 1. The predicted molar refractivity (Wildman–Crippen MR) is 128 cm³/mol. The van der Waals surface area contributed by atoms with Gasteiger partial charge in [-0.15, -0.1) is 0 Å². The molecule has 3 N–H and O–H groups in total. The second-order valence-corrected chi connectivity index (χ2v) is 9.82. The third kappa shape index (κ3) is 4.50. The van der Waals surface area contributed by atoms with Crippen molar-refractivity contribution in [1.82, 2.24) is 10.6 Å². The van der Waals surface area contributed by atoms with Crippen molar-refractivity contribution in [2.45, 2.75) is 43.7 Å². The number of carboxylic acids is 1. The summed E-state index contributed by atoms with van der Waals surface area (Å²) in [4.78, 5) is 37.3. The molecule has 3 atom stereocenters. The third-order valence-corrected chi connectivity index (χ3v) is 7.55. The summed E-state index contributed by atoms with van der Waals surface area (Å²) in [5.41, 5.74) is 3.41. The number of rotatable bonds is 8. The SMILES string of the molecule is CC(NC(=O)OCC1c2ccccc2-c2ccccc21)(C(=O)NCC1CCOC1C(=O)O)C1CC1. The first kappa shape index (κ1) is 23.4. The molecule has 1 saturated carbocycles. The third-order valence-electron chi connectivity index (χ3n) is 7.55. The molecule has 3 aliphatic rings. The summed E-state index contributed by atoms with van der Waals surface area (Å²) in [5, 5.41) is 14.9. The van der Waals surface area contributed by atoms with Crippen LogP contribution in [0, 0.1) is 11.8 Å². The number of fused-ring (bicyclic) bond motifs is 3. The van der Waals surface area contributed by atoms with Crippen molar-refractivity contribution in [3.05, 3.63) is 59.7 Å². The van der Waals surface area contributed by atoms with E-state index in [4.69, 9.17) is 9.47 Å². The van der Waals surface area contributed by atoms with Crippen LogP contribution in [0.15, 0.2) is 48.5 Å². The number of alkyl carbamates (subject to hydrolysis) is 1. The van der Waals surface area contributed by atoms with Gasteiger partial charge in [-0.05, 0) is 54.4 Å². The molecule has 5 rings (SSSR count). The fraction of sp³-hybridized carbons (Fsp3) is 0.444. The summed E-state index contributed by atoms with van der Waals surface area (Å²) < 4.78 is 10.9. The lowest BCUT2D eigenvalue weighted by atomic mass is 9.93. The smallest absolute Gasteiger partial charge is 0.408 e. The lowest BCUT2D eigenvalue weighted by molar-refractivity contribution is -0.149. The number of hydrogen-bond acceptors (Lipinski definition) is 5. The van der Waals surface area contributed by atoms with E-state index in [9.17, 15) is 19.5 Å². The van der Waals surface area contributed by atoms with Crippen molar-refractivity contribution in [3.63, 3.8) is 0 Å². The van der Waals surface area contributed by atoms with Gasteiger partial charge in [0.25, 0.3) is 0 Å². The molecule has 8 heteroatoms. The zero-order chi connectivity index (χ0) is 24.6. The van der Waals surface area contributed by atoms with Crippen molar-refractivity contribution >= 4 is 18.0 Å². The minimum absolute atomic E-state index is 0.0121. The zero-order valence-electron chi connectivity index (χ0n) is 19.7. The average molecular weight is 479 g/mol. The molecule has 0 bridgehead atoms. The first-order valence-corrected chi connectivity index (χ1v) is 12.1. The second-order valence-electron chi connectivity index (χ2n) is 9.82. The van der Waals surface area contributed by atoms with E-state index >= 15 is 0 Å². The van der Waals surface area contributed by atoms with E-state index in [0.717, 1.165) is 35.1 Å². The normalized spacial score (nSPS) is 22.5. The van der Waals surface area contributed by atoms with Crippen LogP contribution in [-0.2, 0) is 19.1 Å². The number of ether oxygens (including phenoxy) is 2. The van der Waals surface area contributed by atoms with Gasteiger partial charge in [-0.1, -0.05) is 48.5 Å². The van der Waals surface area contributed by atoms with E-state index in [-0.39, 0.29) is 36.8 Å². The van der Waals surface area contributed by atoms with Crippen molar-refractivity contribution in [1.29, 1.82) is 0 Å². The number of carbonyl (C=O) groups is 3. The van der Waals surface area contributed by atoms with E-state index in [2.05, 4.69) is 34.9 Å². The number of amides is 2. The van der Waals surface area contributed by atoms with Crippen molar-refractivity contribution in [2.75, 3.05) is 19.8 Å². The minimum atomic E-state index is -1.12. The molecule has 8 nitrogen and oxygen atoms in total. The van der Waals surface area contributed by atoms with E-state index in [1.54, 1.807) is 6.92 Å². The van der Waals surface area contributed by atoms with Crippen molar-refractivity contribution < 1.29 is 29.0 Å². The van der Waals surface area contributed by atoms with Crippen LogP contribution in [0.25, 0.3) is 11.1 Å². The topological polar surface area (TPSA) is 114 Å². The van der Waals surface area contributed by atoms with Crippen LogP contribution in [0.4, 0.5) is 4.79 Å². The summed E-state index contributed by atoms with van der Waals surface area (Å²) in [5.74, 6) is -1.70. The Balaban J connectivity index is 1.22. The first-order chi connectivity index (χ1) is 16.9. The first-order valence-electron chi connectivity index (χ1n) is 12.1. The monoisotopic (exact) mass is 478 g/mol. The molecule has 3 unspecified atom stereocenters. The summed E-state index contributed by atoms with van der Waals surface area (Å²) in [6.07, 6.45) is 0.675. The summed E-state index contributed by atoms with van der Waals surface area (Å²) in [6.45, 7) is 2.42. The van der Waals surface area contributed by atoms with Crippen LogP contribution < -0.4 is 10.6 Å². The van der Waals surface area contributed by atoms with Crippen LogP contribution in [-0.4, -0.2) is 54.5 Å². The molecule has 184 valence electrons. The molecule has 1 heterocycles. The van der Waals surface area contributed by atoms with Crippen LogP contribution in [0.5, 0.6) is 0 Å². The predicted octanol–water partition coefficient (Wildman–Crippen LogP) is 3.30. The van der Waals surface area contributed by atoms with Gasteiger partial charge in [0.15, 0.2) is 6.10 Å². The average Bonchev–Trinajstić information content (AvgIpc) is 3.53. The second kappa shape index (κ2) is 9.34. The molecule has 2 aliphatic carbocycles.